The Morgan fingerprint density at radius 2 is 2.00 bits per heavy atom. The molecule has 0 saturated carbocycles. The van der Waals surface area contributed by atoms with Crippen LogP contribution in [0.25, 0.3) is 0 Å². The van der Waals surface area contributed by atoms with Crippen LogP contribution in [0.2, 0.25) is 0 Å². The minimum Gasteiger partial charge on any atom is -0.278 e. The second-order valence-corrected chi connectivity index (χ2v) is 5.01. The third-order valence-electron chi connectivity index (χ3n) is 3.16. The molecule has 1 atom stereocenters. The molecular formula is C15H16FNO2. The lowest BCUT2D eigenvalue weighted by molar-refractivity contribution is -0.138. The van der Waals surface area contributed by atoms with Crippen LogP contribution in [0.4, 0.5) is 4.39 Å². The molecule has 0 bridgehead atoms. The quantitative estimate of drug-likeness (QED) is 0.616. The number of halogens is 1. The normalized spacial score (nSPS) is 19.1. The van der Waals surface area contributed by atoms with Crippen molar-refractivity contribution in [2.45, 2.75) is 19.8 Å². The van der Waals surface area contributed by atoms with E-state index in [4.69, 9.17) is 0 Å². The lowest BCUT2D eigenvalue weighted by Crippen LogP contribution is -2.32. The standard InChI is InChI=1S/C15H16FNO2/c1-10(2)9-17-14(18)8-12(15(17)19)7-11-3-5-13(16)6-4-11/h3-6,12H,1,7-9H2,2H3/t12-/m1/s1. The number of nitrogens with zero attached hydrogens (tertiary/aromatic N) is 1. The van der Waals surface area contributed by atoms with E-state index < -0.39 is 0 Å². The molecule has 1 saturated heterocycles. The number of carbonyl (C=O) groups is 2. The van der Waals surface area contributed by atoms with Gasteiger partial charge in [-0.3, -0.25) is 14.5 Å². The van der Waals surface area contributed by atoms with Gasteiger partial charge in [0.15, 0.2) is 0 Å². The van der Waals surface area contributed by atoms with E-state index in [1.165, 1.54) is 17.0 Å². The van der Waals surface area contributed by atoms with Gasteiger partial charge >= 0.3 is 0 Å². The summed E-state index contributed by atoms with van der Waals surface area (Å²) in [6, 6.07) is 6.02. The number of rotatable bonds is 4. The first kappa shape index (κ1) is 13.5. The lowest BCUT2D eigenvalue weighted by atomic mass is 9.98. The molecule has 0 spiro atoms. The van der Waals surface area contributed by atoms with Crippen molar-refractivity contribution < 1.29 is 14.0 Å². The van der Waals surface area contributed by atoms with E-state index >= 15 is 0 Å². The highest BCUT2D eigenvalue weighted by Crippen LogP contribution is 2.24. The first-order valence-corrected chi connectivity index (χ1v) is 6.20. The Morgan fingerprint density at radius 3 is 2.58 bits per heavy atom. The SMILES string of the molecule is C=C(C)CN1C(=O)C[C@@H](Cc2ccc(F)cc2)C1=O. The highest BCUT2D eigenvalue weighted by Gasteiger charge is 2.37. The topological polar surface area (TPSA) is 37.4 Å². The Morgan fingerprint density at radius 1 is 1.37 bits per heavy atom. The lowest BCUT2D eigenvalue weighted by Gasteiger charge is -2.14. The number of hydrogen-bond acceptors (Lipinski definition) is 2. The summed E-state index contributed by atoms with van der Waals surface area (Å²) in [6.45, 7) is 5.79. The zero-order valence-corrected chi connectivity index (χ0v) is 10.9. The molecule has 1 fully saturated rings. The molecule has 1 aliphatic rings. The number of hydrogen-bond donors (Lipinski definition) is 0. The molecule has 1 aromatic carbocycles. The molecule has 1 heterocycles. The maximum Gasteiger partial charge on any atom is 0.233 e. The van der Waals surface area contributed by atoms with Crippen LogP contribution in [0, 0.1) is 11.7 Å². The van der Waals surface area contributed by atoms with E-state index in [2.05, 4.69) is 6.58 Å². The second kappa shape index (κ2) is 5.34. The van der Waals surface area contributed by atoms with E-state index in [1.807, 2.05) is 0 Å². The van der Waals surface area contributed by atoms with Gasteiger partial charge in [0.05, 0.1) is 5.92 Å². The fourth-order valence-electron chi connectivity index (χ4n) is 2.25. The van der Waals surface area contributed by atoms with Crippen LogP contribution >= 0.6 is 0 Å². The summed E-state index contributed by atoms with van der Waals surface area (Å²) in [5, 5.41) is 0. The molecule has 0 aromatic heterocycles. The van der Waals surface area contributed by atoms with E-state index in [9.17, 15) is 14.0 Å². The van der Waals surface area contributed by atoms with Crippen molar-refractivity contribution in [3.63, 3.8) is 0 Å². The third-order valence-corrected chi connectivity index (χ3v) is 3.16. The fourth-order valence-corrected chi connectivity index (χ4v) is 2.25. The predicted molar refractivity (Wildman–Crippen MR) is 69.7 cm³/mol. The van der Waals surface area contributed by atoms with Crippen LogP contribution < -0.4 is 0 Å². The maximum atomic E-state index is 12.8. The maximum absolute atomic E-state index is 12.8. The highest BCUT2D eigenvalue weighted by atomic mass is 19.1. The van der Waals surface area contributed by atoms with E-state index in [0.29, 0.717) is 6.42 Å². The van der Waals surface area contributed by atoms with Gasteiger partial charge in [0.25, 0.3) is 0 Å². The second-order valence-electron chi connectivity index (χ2n) is 5.01. The number of carbonyl (C=O) groups excluding carboxylic acids is 2. The predicted octanol–water partition coefficient (Wildman–Crippen LogP) is 2.32. The molecule has 0 radical (unpaired) electrons. The van der Waals surface area contributed by atoms with Gasteiger partial charge in [-0.15, -0.1) is 0 Å². The fraction of sp³-hybridized carbons (Fsp3) is 0.333. The number of amides is 2. The smallest absolute Gasteiger partial charge is 0.233 e. The van der Waals surface area contributed by atoms with Crippen molar-refractivity contribution in [3.05, 3.63) is 47.8 Å². The number of imide groups is 1. The Hall–Kier alpha value is -1.97. The van der Waals surface area contributed by atoms with Gasteiger partial charge in [-0.05, 0) is 31.0 Å². The van der Waals surface area contributed by atoms with Crippen LogP contribution in [0.15, 0.2) is 36.4 Å². The van der Waals surface area contributed by atoms with Crippen LogP contribution in [-0.2, 0) is 16.0 Å². The Balaban J connectivity index is 2.06. The average Bonchev–Trinajstić information content (AvgIpc) is 2.60. The molecule has 4 heteroatoms. The third kappa shape index (κ3) is 3.08. The molecule has 1 aromatic rings. The first-order chi connectivity index (χ1) is 8.97. The van der Waals surface area contributed by atoms with Crippen LogP contribution in [0.3, 0.4) is 0 Å². The van der Waals surface area contributed by atoms with Crippen molar-refractivity contribution in [2.24, 2.45) is 5.92 Å². The van der Waals surface area contributed by atoms with Gasteiger partial charge in [0.1, 0.15) is 5.82 Å². The summed E-state index contributed by atoms with van der Waals surface area (Å²) < 4.78 is 12.8. The van der Waals surface area contributed by atoms with E-state index in [1.54, 1.807) is 19.1 Å². The molecule has 19 heavy (non-hydrogen) atoms. The molecule has 2 amide bonds. The zero-order valence-electron chi connectivity index (χ0n) is 10.9. The molecule has 0 unspecified atom stereocenters. The Labute approximate surface area is 111 Å². The van der Waals surface area contributed by atoms with Gasteiger partial charge < -0.3 is 0 Å². The van der Waals surface area contributed by atoms with Gasteiger partial charge in [0.2, 0.25) is 11.8 Å². The first-order valence-electron chi connectivity index (χ1n) is 6.20. The Kier molecular flexibility index (Phi) is 3.79. The van der Waals surface area contributed by atoms with Gasteiger partial charge in [0, 0.05) is 13.0 Å². The van der Waals surface area contributed by atoms with Gasteiger partial charge in [-0.25, -0.2) is 4.39 Å². The molecular weight excluding hydrogens is 245 g/mol. The summed E-state index contributed by atoms with van der Waals surface area (Å²) in [7, 11) is 0. The molecule has 0 aliphatic carbocycles. The summed E-state index contributed by atoms with van der Waals surface area (Å²) in [6.07, 6.45) is 0.695. The minimum absolute atomic E-state index is 0.153. The van der Waals surface area contributed by atoms with Gasteiger partial charge in [-0.1, -0.05) is 24.3 Å². The minimum atomic E-state index is -0.336. The largest absolute Gasteiger partial charge is 0.278 e. The van der Waals surface area contributed by atoms with Crippen LogP contribution in [0.5, 0.6) is 0 Å². The summed E-state index contributed by atoms with van der Waals surface area (Å²) in [5.74, 6) is -0.948. The van der Waals surface area contributed by atoms with Crippen LogP contribution in [-0.4, -0.2) is 23.3 Å². The molecule has 1 aliphatic heterocycles. The zero-order chi connectivity index (χ0) is 14.0. The summed E-state index contributed by atoms with van der Waals surface area (Å²) in [5.41, 5.74) is 1.65. The number of likely N-dealkylation sites (tertiary alicyclic amines) is 1. The van der Waals surface area contributed by atoms with Crippen molar-refractivity contribution >= 4 is 11.8 Å². The van der Waals surface area contributed by atoms with Crippen molar-refractivity contribution in [2.75, 3.05) is 6.54 Å². The van der Waals surface area contributed by atoms with Gasteiger partial charge in [-0.2, -0.15) is 0 Å². The Bertz CT molecular complexity index is 521. The van der Waals surface area contributed by atoms with Crippen molar-refractivity contribution in [1.82, 2.24) is 4.90 Å². The molecule has 0 N–H and O–H groups in total. The average molecular weight is 261 g/mol. The van der Waals surface area contributed by atoms with E-state index in [0.717, 1.165) is 11.1 Å². The molecule has 3 nitrogen and oxygen atoms in total. The monoisotopic (exact) mass is 261 g/mol. The van der Waals surface area contributed by atoms with Crippen molar-refractivity contribution in [1.29, 1.82) is 0 Å². The van der Waals surface area contributed by atoms with Crippen LogP contribution in [0.1, 0.15) is 18.9 Å². The van der Waals surface area contributed by atoms with E-state index in [-0.39, 0.29) is 36.5 Å². The van der Waals surface area contributed by atoms with Crippen molar-refractivity contribution in [3.8, 4) is 0 Å². The molecule has 2 rings (SSSR count). The highest BCUT2D eigenvalue weighted by molar-refractivity contribution is 6.03. The summed E-state index contributed by atoms with van der Waals surface area (Å²) in [4.78, 5) is 25.2. The summed E-state index contributed by atoms with van der Waals surface area (Å²) >= 11 is 0. The number of benzene rings is 1. The molecule has 100 valence electrons.